The number of aryl methyl sites for hydroxylation is 1. The van der Waals surface area contributed by atoms with Crippen LogP contribution in [0.4, 0.5) is 5.69 Å². The van der Waals surface area contributed by atoms with Crippen LogP contribution in [0.2, 0.25) is 0 Å². The summed E-state index contributed by atoms with van der Waals surface area (Å²) < 4.78 is 34.4. The lowest BCUT2D eigenvalue weighted by Crippen LogP contribution is -2.24. The Bertz CT molecular complexity index is 1330. The number of ether oxygens (including phenoxy) is 1. The summed E-state index contributed by atoms with van der Waals surface area (Å²) in [5.41, 5.74) is 1.83. The fourth-order valence-electron chi connectivity index (χ4n) is 3.36. The van der Waals surface area contributed by atoms with Gasteiger partial charge in [-0.25, -0.2) is 13.4 Å². The molecule has 176 valence electrons. The lowest BCUT2D eigenvalue weighted by molar-refractivity contribution is 0.0953. The SMILES string of the molecule is CCOc1ccc(NS(=O)(=O)c2ccc(C(=O)NCCCc3nc4ccccc4s3)cc2)cc1. The van der Waals surface area contributed by atoms with Crippen LogP contribution in [0.5, 0.6) is 5.75 Å². The molecular weight excluding hydrogens is 470 g/mol. The number of fused-ring (bicyclic) bond motifs is 1. The van der Waals surface area contributed by atoms with E-state index in [-0.39, 0.29) is 10.8 Å². The van der Waals surface area contributed by atoms with Crippen LogP contribution in [0.15, 0.2) is 77.7 Å². The van der Waals surface area contributed by atoms with Crippen molar-refractivity contribution in [2.24, 2.45) is 0 Å². The van der Waals surface area contributed by atoms with Gasteiger partial charge >= 0.3 is 0 Å². The van der Waals surface area contributed by atoms with Crippen LogP contribution in [0.3, 0.4) is 0 Å². The highest BCUT2D eigenvalue weighted by molar-refractivity contribution is 7.92. The van der Waals surface area contributed by atoms with Gasteiger partial charge in [0.25, 0.3) is 15.9 Å². The normalized spacial score (nSPS) is 11.3. The van der Waals surface area contributed by atoms with E-state index in [4.69, 9.17) is 4.74 Å². The highest BCUT2D eigenvalue weighted by Crippen LogP contribution is 2.22. The second kappa shape index (κ2) is 10.7. The number of nitrogens with zero attached hydrogens (tertiary/aromatic N) is 1. The van der Waals surface area contributed by atoms with Crippen LogP contribution in [-0.2, 0) is 16.4 Å². The van der Waals surface area contributed by atoms with Gasteiger partial charge in [0.2, 0.25) is 0 Å². The van der Waals surface area contributed by atoms with E-state index in [0.29, 0.717) is 30.2 Å². The van der Waals surface area contributed by atoms with Crippen molar-refractivity contribution >= 4 is 43.2 Å². The Morgan fingerprint density at radius 2 is 1.74 bits per heavy atom. The van der Waals surface area contributed by atoms with Gasteiger partial charge in [0.15, 0.2) is 0 Å². The molecule has 0 saturated heterocycles. The average Bonchev–Trinajstić information content (AvgIpc) is 3.26. The minimum Gasteiger partial charge on any atom is -0.494 e. The number of nitrogens with one attached hydrogen (secondary N) is 2. The Morgan fingerprint density at radius 3 is 2.44 bits per heavy atom. The van der Waals surface area contributed by atoms with E-state index in [0.717, 1.165) is 28.1 Å². The zero-order chi connectivity index (χ0) is 24.0. The largest absolute Gasteiger partial charge is 0.494 e. The van der Waals surface area contributed by atoms with Crippen molar-refractivity contribution in [1.82, 2.24) is 10.3 Å². The van der Waals surface area contributed by atoms with Crippen LogP contribution < -0.4 is 14.8 Å². The molecule has 1 heterocycles. The first-order valence-electron chi connectivity index (χ1n) is 10.9. The standard InChI is InChI=1S/C25H25N3O4S2/c1-2-32-20-13-11-19(12-14-20)28-34(30,31)21-15-9-18(10-16-21)25(29)26-17-5-8-24-27-22-6-3-4-7-23(22)33-24/h3-4,6-7,9-16,28H,2,5,8,17H2,1H3,(H,26,29). The predicted octanol–water partition coefficient (Wildman–Crippen LogP) is 4.86. The molecule has 0 unspecified atom stereocenters. The Balaban J connectivity index is 1.28. The zero-order valence-corrected chi connectivity index (χ0v) is 20.3. The van der Waals surface area contributed by atoms with Gasteiger partial charge in [-0.1, -0.05) is 12.1 Å². The molecule has 0 saturated carbocycles. The summed E-state index contributed by atoms with van der Waals surface area (Å²) in [4.78, 5) is 17.1. The number of hydrogen-bond acceptors (Lipinski definition) is 6. The number of carbonyl (C=O) groups excluding carboxylic acids is 1. The first-order valence-corrected chi connectivity index (χ1v) is 13.2. The van der Waals surface area contributed by atoms with E-state index < -0.39 is 10.0 Å². The second-order valence-electron chi connectivity index (χ2n) is 7.52. The fraction of sp³-hybridized carbons (Fsp3) is 0.200. The van der Waals surface area contributed by atoms with E-state index >= 15 is 0 Å². The van der Waals surface area contributed by atoms with Gasteiger partial charge in [-0.2, -0.15) is 0 Å². The summed E-state index contributed by atoms with van der Waals surface area (Å²) in [5.74, 6) is 0.425. The van der Waals surface area contributed by atoms with E-state index in [9.17, 15) is 13.2 Å². The molecule has 1 aromatic heterocycles. The number of carbonyl (C=O) groups is 1. The maximum atomic E-state index is 12.7. The molecule has 7 nitrogen and oxygen atoms in total. The fourth-order valence-corrected chi connectivity index (χ4v) is 5.42. The highest BCUT2D eigenvalue weighted by atomic mass is 32.2. The van der Waals surface area contributed by atoms with Crippen LogP contribution in [0.1, 0.15) is 28.7 Å². The molecule has 9 heteroatoms. The van der Waals surface area contributed by atoms with Gasteiger partial charge in [-0.05, 0) is 74.0 Å². The minimum atomic E-state index is -3.77. The number of aromatic nitrogens is 1. The van der Waals surface area contributed by atoms with Crippen molar-refractivity contribution < 1.29 is 17.9 Å². The molecule has 0 aliphatic carbocycles. The Kier molecular flexibility index (Phi) is 7.44. The smallest absolute Gasteiger partial charge is 0.261 e. The zero-order valence-electron chi connectivity index (χ0n) is 18.7. The van der Waals surface area contributed by atoms with Crippen molar-refractivity contribution in [2.75, 3.05) is 17.9 Å². The van der Waals surface area contributed by atoms with Crippen molar-refractivity contribution in [2.45, 2.75) is 24.7 Å². The van der Waals surface area contributed by atoms with Crippen LogP contribution in [0.25, 0.3) is 10.2 Å². The maximum absolute atomic E-state index is 12.7. The average molecular weight is 496 g/mol. The highest BCUT2D eigenvalue weighted by Gasteiger charge is 2.15. The number of amides is 1. The molecule has 2 N–H and O–H groups in total. The van der Waals surface area contributed by atoms with Crippen molar-refractivity contribution in [3.05, 3.63) is 83.4 Å². The Labute approximate surface area is 202 Å². The third-order valence-corrected chi connectivity index (χ3v) is 7.53. The van der Waals surface area contributed by atoms with Gasteiger partial charge in [0.1, 0.15) is 5.75 Å². The molecule has 0 fully saturated rings. The molecule has 0 aliphatic rings. The minimum absolute atomic E-state index is 0.0776. The lowest BCUT2D eigenvalue weighted by atomic mass is 10.2. The molecular formula is C25H25N3O4S2. The molecule has 34 heavy (non-hydrogen) atoms. The molecule has 0 aliphatic heterocycles. The Morgan fingerprint density at radius 1 is 1.00 bits per heavy atom. The third kappa shape index (κ3) is 5.92. The van der Waals surface area contributed by atoms with Crippen LogP contribution in [0, 0.1) is 0 Å². The van der Waals surface area contributed by atoms with Crippen molar-refractivity contribution in [3.63, 3.8) is 0 Å². The van der Waals surface area contributed by atoms with Gasteiger partial charge < -0.3 is 10.1 Å². The quantitative estimate of drug-likeness (QED) is 0.306. The second-order valence-corrected chi connectivity index (χ2v) is 10.3. The van der Waals surface area contributed by atoms with Gasteiger partial charge in [0.05, 0.1) is 26.7 Å². The number of para-hydroxylation sites is 1. The van der Waals surface area contributed by atoms with E-state index in [1.807, 2.05) is 25.1 Å². The number of sulfonamides is 1. The van der Waals surface area contributed by atoms with Crippen LogP contribution in [-0.4, -0.2) is 32.5 Å². The Hall–Kier alpha value is -3.43. The topological polar surface area (TPSA) is 97.4 Å². The molecule has 0 radical (unpaired) electrons. The first kappa shape index (κ1) is 23.7. The maximum Gasteiger partial charge on any atom is 0.261 e. The van der Waals surface area contributed by atoms with Gasteiger partial charge in [-0.3, -0.25) is 9.52 Å². The monoisotopic (exact) mass is 495 g/mol. The summed E-state index contributed by atoms with van der Waals surface area (Å²) in [6.45, 7) is 2.92. The summed E-state index contributed by atoms with van der Waals surface area (Å²) >= 11 is 1.67. The number of rotatable bonds is 10. The molecule has 4 rings (SSSR count). The summed E-state index contributed by atoms with van der Waals surface area (Å²) in [7, 11) is -3.77. The summed E-state index contributed by atoms with van der Waals surface area (Å²) in [6.07, 6.45) is 1.55. The molecule has 0 spiro atoms. The van der Waals surface area contributed by atoms with Gasteiger partial charge in [0, 0.05) is 24.2 Å². The molecule has 3 aromatic carbocycles. The third-order valence-electron chi connectivity index (χ3n) is 5.04. The van der Waals surface area contributed by atoms with E-state index in [1.54, 1.807) is 35.6 Å². The summed E-state index contributed by atoms with van der Waals surface area (Å²) in [5, 5.41) is 3.92. The lowest BCUT2D eigenvalue weighted by Gasteiger charge is -2.10. The van der Waals surface area contributed by atoms with Crippen molar-refractivity contribution in [1.29, 1.82) is 0 Å². The van der Waals surface area contributed by atoms with Gasteiger partial charge in [-0.15, -0.1) is 11.3 Å². The predicted molar refractivity (Wildman–Crippen MR) is 135 cm³/mol. The van der Waals surface area contributed by atoms with Crippen molar-refractivity contribution in [3.8, 4) is 5.75 Å². The van der Waals surface area contributed by atoms with E-state index in [1.165, 1.54) is 24.3 Å². The molecule has 4 aromatic rings. The number of anilines is 1. The molecule has 0 atom stereocenters. The van der Waals surface area contributed by atoms with Crippen LogP contribution >= 0.6 is 11.3 Å². The molecule has 1 amide bonds. The number of thiazole rings is 1. The van der Waals surface area contributed by atoms with E-state index in [2.05, 4.69) is 21.1 Å². The summed E-state index contributed by atoms with van der Waals surface area (Å²) in [6, 6.07) is 20.6. The number of hydrogen-bond donors (Lipinski definition) is 2. The first-order chi connectivity index (χ1) is 16.4. The molecule has 0 bridgehead atoms. The number of benzene rings is 3.